The maximum absolute atomic E-state index is 9.84. The average Bonchev–Trinajstić information content (AvgIpc) is 1.99. The molecule has 0 heterocycles. The summed E-state index contributed by atoms with van der Waals surface area (Å²) in [5.41, 5.74) is 0. The largest absolute Gasteiger partial charge is 1.00 e. The number of rotatable bonds is 1. The summed E-state index contributed by atoms with van der Waals surface area (Å²) in [4.78, 5) is 0. The van der Waals surface area contributed by atoms with Gasteiger partial charge in [-0.15, -0.1) is 0 Å². The van der Waals surface area contributed by atoms with Crippen LogP contribution in [-0.4, -0.2) is 18.2 Å². The molecule has 8 heavy (non-hydrogen) atoms. The second-order valence-corrected chi connectivity index (χ2v) is 3.34. The third kappa shape index (κ3) is 2.91. The van der Waals surface area contributed by atoms with Gasteiger partial charge >= 0.3 is 51.4 Å². The fraction of sp³-hybridized carbons (Fsp3) is 1.00. The second kappa shape index (κ2) is 3.09. The van der Waals surface area contributed by atoms with Crippen molar-refractivity contribution < 1.29 is 64.4 Å². The Morgan fingerprint density at radius 2 is 1.75 bits per heavy atom. The molecule has 0 atom stereocenters. The Balaban J connectivity index is 0.000000490. The first kappa shape index (κ1) is 9.55. The van der Waals surface area contributed by atoms with Crippen LogP contribution in [0.15, 0.2) is 0 Å². The first-order valence-electron chi connectivity index (χ1n) is 2.05. The Bertz CT molecular complexity index is 157. The van der Waals surface area contributed by atoms with Crippen molar-refractivity contribution in [3.8, 4) is 0 Å². The van der Waals surface area contributed by atoms with Crippen LogP contribution in [0.4, 0.5) is 0 Å². The normalized spacial score (nSPS) is 19.6. The van der Waals surface area contributed by atoms with Gasteiger partial charge in [0.05, 0.1) is 10.1 Å². The second-order valence-electron chi connectivity index (χ2n) is 1.69. The zero-order valence-corrected chi connectivity index (χ0v) is 8.56. The van der Waals surface area contributed by atoms with Gasteiger partial charge in [0.1, 0.15) is 0 Å². The van der Waals surface area contributed by atoms with Crippen LogP contribution >= 0.6 is 0 Å². The molecule has 0 saturated heterocycles. The van der Waals surface area contributed by atoms with E-state index in [0.717, 1.165) is 0 Å². The van der Waals surface area contributed by atoms with Crippen LogP contribution in [0.2, 0.25) is 0 Å². The van der Waals surface area contributed by atoms with E-state index >= 15 is 0 Å². The Kier molecular flexibility index (Phi) is 3.69. The Labute approximate surface area is 91.0 Å². The maximum atomic E-state index is 9.84. The van der Waals surface area contributed by atoms with Crippen molar-refractivity contribution in [2.24, 2.45) is 0 Å². The van der Waals surface area contributed by atoms with Gasteiger partial charge in [-0.3, -0.25) is 0 Å². The summed E-state index contributed by atoms with van der Waals surface area (Å²) in [6, 6.07) is 0. The SMILES string of the molecule is O=S(=O)([O-])C1CC1.[K+]. The van der Waals surface area contributed by atoms with Crippen LogP contribution < -0.4 is 51.4 Å². The zero-order valence-electron chi connectivity index (χ0n) is 4.62. The quantitative estimate of drug-likeness (QED) is 0.298. The van der Waals surface area contributed by atoms with Gasteiger partial charge in [0.15, 0.2) is 0 Å². The van der Waals surface area contributed by atoms with Gasteiger partial charge in [0.25, 0.3) is 0 Å². The molecule has 42 valence electrons. The van der Waals surface area contributed by atoms with Crippen LogP contribution in [0.25, 0.3) is 0 Å². The molecule has 0 amide bonds. The Morgan fingerprint density at radius 1 is 1.38 bits per heavy atom. The summed E-state index contributed by atoms with van der Waals surface area (Å²) < 4.78 is 29.5. The van der Waals surface area contributed by atoms with Crippen molar-refractivity contribution in [3.05, 3.63) is 0 Å². The molecule has 1 saturated carbocycles. The average molecular weight is 160 g/mol. The topological polar surface area (TPSA) is 57.2 Å². The zero-order chi connectivity index (χ0) is 5.49. The van der Waals surface area contributed by atoms with Gasteiger partial charge in [-0.2, -0.15) is 0 Å². The summed E-state index contributed by atoms with van der Waals surface area (Å²) in [6.07, 6.45) is 1.15. The molecule has 1 aliphatic carbocycles. The van der Waals surface area contributed by atoms with E-state index in [0.29, 0.717) is 12.8 Å². The Hall–Kier alpha value is 1.55. The Morgan fingerprint density at radius 3 is 1.75 bits per heavy atom. The van der Waals surface area contributed by atoms with E-state index in [4.69, 9.17) is 0 Å². The molecule has 1 fully saturated rings. The maximum Gasteiger partial charge on any atom is 1.00 e. The minimum Gasteiger partial charge on any atom is -0.748 e. The molecule has 0 aliphatic heterocycles. The molecule has 0 spiro atoms. The molecule has 0 aromatic heterocycles. The molecule has 0 aromatic rings. The van der Waals surface area contributed by atoms with Crippen LogP contribution in [0, 0.1) is 0 Å². The molecule has 3 nitrogen and oxygen atoms in total. The minimum atomic E-state index is -3.88. The molecule has 0 bridgehead atoms. The molecular formula is C3H5KO3S. The van der Waals surface area contributed by atoms with Gasteiger partial charge in [-0.1, -0.05) is 0 Å². The van der Waals surface area contributed by atoms with Gasteiger partial charge in [0.2, 0.25) is 0 Å². The molecule has 1 aliphatic rings. The number of hydrogen-bond donors (Lipinski definition) is 0. The van der Waals surface area contributed by atoms with E-state index in [1.807, 2.05) is 0 Å². The summed E-state index contributed by atoms with van der Waals surface area (Å²) in [6.45, 7) is 0. The third-order valence-electron chi connectivity index (χ3n) is 0.933. The monoisotopic (exact) mass is 160 g/mol. The summed E-state index contributed by atoms with van der Waals surface area (Å²) in [7, 11) is -3.88. The summed E-state index contributed by atoms with van der Waals surface area (Å²) in [5, 5.41) is -0.535. The molecule has 1 rings (SSSR count). The van der Waals surface area contributed by atoms with Crippen molar-refractivity contribution in [2.45, 2.75) is 18.1 Å². The summed E-state index contributed by atoms with van der Waals surface area (Å²) in [5.74, 6) is 0. The van der Waals surface area contributed by atoms with E-state index in [-0.39, 0.29) is 51.4 Å². The molecule has 0 radical (unpaired) electrons. The van der Waals surface area contributed by atoms with Crippen molar-refractivity contribution in [1.29, 1.82) is 0 Å². The van der Waals surface area contributed by atoms with E-state index in [1.54, 1.807) is 0 Å². The van der Waals surface area contributed by atoms with Crippen molar-refractivity contribution in [2.75, 3.05) is 0 Å². The third-order valence-corrected chi connectivity index (χ3v) is 2.22. The fourth-order valence-electron chi connectivity index (χ4n) is 0.357. The van der Waals surface area contributed by atoms with Crippen LogP contribution in [-0.2, 0) is 10.1 Å². The first-order chi connectivity index (χ1) is 3.11. The van der Waals surface area contributed by atoms with Crippen LogP contribution in [0.3, 0.4) is 0 Å². The van der Waals surface area contributed by atoms with Gasteiger partial charge in [-0.05, 0) is 12.8 Å². The number of hydrogen-bond acceptors (Lipinski definition) is 3. The van der Waals surface area contributed by atoms with Gasteiger partial charge < -0.3 is 4.55 Å². The van der Waals surface area contributed by atoms with Gasteiger partial charge in [-0.25, -0.2) is 8.42 Å². The van der Waals surface area contributed by atoms with Crippen molar-refractivity contribution >= 4 is 10.1 Å². The molecular weight excluding hydrogens is 155 g/mol. The predicted molar refractivity (Wildman–Crippen MR) is 22.7 cm³/mol. The van der Waals surface area contributed by atoms with E-state index in [2.05, 4.69) is 0 Å². The van der Waals surface area contributed by atoms with Gasteiger partial charge in [0, 0.05) is 5.25 Å². The van der Waals surface area contributed by atoms with Crippen molar-refractivity contribution in [3.63, 3.8) is 0 Å². The fourth-order valence-corrected chi connectivity index (χ4v) is 1.07. The molecule has 5 heteroatoms. The van der Waals surface area contributed by atoms with E-state index in [9.17, 15) is 13.0 Å². The summed E-state index contributed by atoms with van der Waals surface area (Å²) >= 11 is 0. The van der Waals surface area contributed by atoms with Crippen molar-refractivity contribution in [1.82, 2.24) is 0 Å². The minimum absolute atomic E-state index is 0. The van der Waals surface area contributed by atoms with E-state index in [1.165, 1.54) is 0 Å². The standard InChI is InChI=1S/C3H6O3S.K/c4-7(5,6)3-1-2-3;/h3H,1-2H2,(H,4,5,6);/q;+1/p-1. The molecule has 0 aromatic carbocycles. The molecule has 0 N–H and O–H groups in total. The predicted octanol–water partition coefficient (Wildman–Crippen LogP) is -3.30. The molecule has 0 unspecified atom stereocenters. The van der Waals surface area contributed by atoms with Crippen LogP contribution in [0.5, 0.6) is 0 Å². The first-order valence-corrected chi connectivity index (χ1v) is 3.52. The smallest absolute Gasteiger partial charge is 0.748 e. The van der Waals surface area contributed by atoms with Crippen LogP contribution in [0.1, 0.15) is 12.8 Å². The van der Waals surface area contributed by atoms with E-state index < -0.39 is 15.4 Å².